The zero-order chi connectivity index (χ0) is 13.1. The Morgan fingerprint density at radius 1 is 1.28 bits per heavy atom. The summed E-state index contributed by atoms with van der Waals surface area (Å²) in [5.74, 6) is -0.214. The van der Waals surface area contributed by atoms with Crippen LogP contribution in [0.3, 0.4) is 0 Å². The lowest BCUT2D eigenvalue weighted by Crippen LogP contribution is -2.29. The predicted octanol–water partition coefficient (Wildman–Crippen LogP) is 1.20. The third-order valence-electron chi connectivity index (χ3n) is 2.57. The molecule has 1 aromatic heterocycles. The first kappa shape index (κ1) is 12.2. The van der Waals surface area contributed by atoms with Gasteiger partial charge in [0.1, 0.15) is 6.54 Å². The molecule has 0 saturated heterocycles. The number of oxazole rings is 1. The van der Waals surface area contributed by atoms with Crippen molar-refractivity contribution in [1.29, 1.82) is 0 Å². The zero-order valence-electron chi connectivity index (χ0n) is 10.3. The van der Waals surface area contributed by atoms with E-state index in [1.54, 1.807) is 20.3 Å². The van der Waals surface area contributed by atoms with Gasteiger partial charge in [0.25, 0.3) is 0 Å². The summed E-state index contributed by atoms with van der Waals surface area (Å²) in [5, 5.41) is 0. The van der Waals surface area contributed by atoms with Crippen molar-refractivity contribution < 1.29 is 9.21 Å². The quantitative estimate of drug-likeness (QED) is 0.817. The van der Waals surface area contributed by atoms with Gasteiger partial charge in [-0.2, -0.15) is 0 Å². The van der Waals surface area contributed by atoms with Crippen molar-refractivity contribution in [2.24, 2.45) is 0 Å². The number of aromatic nitrogens is 1. The molecule has 0 aliphatic carbocycles. The van der Waals surface area contributed by atoms with Crippen molar-refractivity contribution in [2.75, 3.05) is 14.1 Å². The van der Waals surface area contributed by atoms with Crippen LogP contribution in [0.2, 0.25) is 0 Å². The van der Waals surface area contributed by atoms with Gasteiger partial charge in [-0.3, -0.25) is 9.36 Å². The third-order valence-corrected chi connectivity index (χ3v) is 2.57. The van der Waals surface area contributed by atoms with Crippen molar-refractivity contribution in [2.45, 2.75) is 6.54 Å². The molecule has 94 valence electrons. The number of benzene rings is 1. The Bertz CT molecular complexity index is 596. The van der Waals surface area contributed by atoms with E-state index < -0.39 is 5.76 Å². The molecule has 0 aliphatic rings. The number of hydrogen-bond donors (Lipinski definition) is 0. The number of carbonyl (C=O) groups excluding carboxylic acids is 1. The van der Waals surface area contributed by atoms with Gasteiger partial charge in [0.2, 0.25) is 5.91 Å². The number of carbonyl (C=O) groups is 1. The molecule has 2 aromatic rings. The normalized spacial score (nSPS) is 10.3. The predicted molar refractivity (Wildman–Crippen MR) is 67.1 cm³/mol. The van der Waals surface area contributed by atoms with Crippen molar-refractivity contribution in [3.8, 4) is 11.3 Å². The molecule has 0 unspecified atom stereocenters. The monoisotopic (exact) mass is 246 g/mol. The number of amides is 1. The van der Waals surface area contributed by atoms with Crippen LogP contribution in [-0.2, 0) is 11.3 Å². The molecule has 1 heterocycles. The summed E-state index contributed by atoms with van der Waals surface area (Å²) >= 11 is 0. The van der Waals surface area contributed by atoms with Gasteiger partial charge >= 0.3 is 5.76 Å². The van der Waals surface area contributed by atoms with Gasteiger partial charge in [-0.05, 0) is 0 Å². The third kappa shape index (κ3) is 2.51. The lowest BCUT2D eigenvalue weighted by Gasteiger charge is -2.08. The molecule has 5 heteroatoms. The molecule has 1 aromatic carbocycles. The molecule has 1 amide bonds. The smallest absolute Gasteiger partial charge is 0.408 e. The fourth-order valence-corrected chi connectivity index (χ4v) is 1.51. The second-order valence-electron chi connectivity index (χ2n) is 4.14. The second-order valence-corrected chi connectivity index (χ2v) is 4.14. The molecule has 0 atom stereocenters. The number of hydrogen-bond acceptors (Lipinski definition) is 3. The molecular weight excluding hydrogens is 232 g/mol. The zero-order valence-corrected chi connectivity index (χ0v) is 10.3. The van der Waals surface area contributed by atoms with Gasteiger partial charge in [0.15, 0.2) is 5.76 Å². The number of rotatable bonds is 3. The average molecular weight is 246 g/mol. The van der Waals surface area contributed by atoms with Crippen LogP contribution in [0.4, 0.5) is 0 Å². The minimum Gasteiger partial charge on any atom is -0.408 e. The van der Waals surface area contributed by atoms with E-state index in [-0.39, 0.29) is 12.5 Å². The number of likely N-dealkylation sites (N-methyl/N-ethyl adjacent to an activating group) is 1. The molecule has 0 radical (unpaired) electrons. The fraction of sp³-hybridized carbons (Fsp3) is 0.231. The Hall–Kier alpha value is -2.30. The first-order valence-electron chi connectivity index (χ1n) is 5.54. The van der Waals surface area contributed by atoms with Crippen LogP contribution in [-0.4, -0.2) is 29.5 Å². The maximum atomic E-state index is 11.6. The summed E-state index contributed by atoms with van der Waals surface area (Å²) in [5.41, 5.74) is 0.811. The molecular formula is C13H14N2O3. The Balaban J connectivity index is 2.28. The van der Waals surface area contributed by atoms with E-state index in [1.807, 2.05) is 30.3 Å². The average Bonchev–Trinajstić information content (AvgIpc) is 2.72. The topological polar surface area (TPSA) is 55.5 Å². The van der Waals surface area contributed by atoms with Gasteiger partial charge < -0.3 is 9.32 Å². The highest BCUT2D eigenvalue weighted by molar-refractivity contribution is 5.75. The Morgan fingerprint density at radius 2 is 1.94 bits per heavy atom. The van der Waals surface area contributed by atoms with Gasteiger partial charge in [-0.1, -0.05) is 30.3 Å². The first-order valence-corrected chi connectivity index (χ1v) is 5.54. The first-order chi connectivity index (χ1) is 8.58. The molecule has 0 spiro atoms. The molecule has 0 N–H and O–H groups in total. The van der Waals surface area contributed by atoms with E-state index in [0.29, 0.717) is 5.76 Å². The fourth-order valence-electron chi connectivity index (χ4n) is 1.51. The minimum absolute atomic E-state index is 0.0117. The van der Waals surface area contributed by atoms with Crippen molar-refractivity contribution in [1.82, 2.24) is 9.47 Å². The molecule has 0 saturated carbocycles. The van der Waals surface area contributed by atoms with Crippen LogP contribution < -0.4 is 5.76 Å². The standard InChI is InChI=1S/C13H14N2O3/c1-14(2)12(16)9-15-8-11(18-13(15)17)10-6-4-3-5-7-10/h3-8H,9H2,1-2H3. The van der Waals surface area contributed by atoms with Crippen LogP contribution in [0.5, 0.6) is 0 Å². The summed E-state index contributed by atoms with van der Waals surface area (Å²) < 4.78 is 6.39. The lowest BCUT2D eigenvalue weighted by molar-refractivity contribution is -0.129. The van der Waals surface area contributed by atoms with Crippen molar-refractivity contribution in [3.05, 3.63) is 47.1 Å². The maximum absolute atomic E-state index is 11.6. The largest absolute Gasteiger partial charge is 0.419 e. The van der Waals surface area contributed by atoms with Crippen LogP contribution in [0.15, 0.2) is 45.7 Å². The Morgan fingerprint density at radius 3 is 2.56 bits per heavy atom. The Kier molecular flexibility index (Phi) is 3.32. The van der Waals surface area contributed by atoms with Gasteiger partial charge in [0, 0.05) is 19.7 Å². The summed E-state index contributed by atoms with van der Waals surface area (Å²) in [6.07, 6.45) is 1.55. The molecule has 0 bridgehead atoms. The molecule has 18 heavy (non-hydrogen) atoms. The minimum atomic E-state index is -0.524. The molecule has 0 fully saturated rings. The van der Waals surface area contributed by atoms with Crippen LogP contribution in [0.1, 0.15) is 0 Å². The van der Waals surface area contributed by atoms with Gasteiger partial charge in [-0.15, -0.1) is 0 Å². The molecule has 0 aliphatic heterocycles. The van der Waals surface area contributed by atoms with E-state index in [1.165, 1.54) is 9.47 Å². The highest BCUT2D eigenvalue weighted by atomic mass is 16.4. The summed E-state index contributed by atoms with van der Waals surface area (Å²) in [6, 6.07) is 9.29. The molecule has 5 nitrogen and oxygen atoms in total. The highest BCUT2D eigenvalue weighted by Crippen LogP contribution is 2.16. The lowest BCUT2D eigenvalue weighted by atomic mass is 10.2. The van der Waals surface area contributed by atoms with Gasteiger partial charge in [0.05, 0.1) is 6.20 Å². The van der Waals surface area contributed by atoms with Crippen LogP contribution >= 0.6 is 0 Å². The maximum Gasteiger partial charge on any atom is 0.419 e. The van der Waals surface area contributed by atoms with E-state index in [2.05, 4.69) is 0 Å². The second kappa shape index (κ2) is 4.91. The Labute approximate surface area is 104 Å². The van der Waals surface area contributed by atoms with E-state index >= 15 is 0 Å². The SMILES string of the molecule is CN(C)C(=O)Cn1cc(-c2ccccc2)oc1=O. The van der Waals surface area contributed by atoms with E-state index in [9.17, 15) is 9.59 Å². The van der Waals surface area contributed by atoms with Crippen molar-refractivity contribution in [3.63, 3.8) is 0 Å². The van der Waals surface area contributed by atoms with E-state index in [4.69, 9.17) is 4.42 Å². The summed E-state index contributed by atoms with van der Waals surface area (Å²) in [7, 11) is 3.29. The number of nitrogens with zero attached hydrogens (tertiary/aromatic N) is 2. The summed E-state index contributed by atoms with van der Waals surface area (Å²) in [6.45, 7) is -0.0117. The highest BCUT2D eigenvalue weighted by Gasteiger charge is 2.11. The summed E-state index contributed by atoms with van der Waals surface area (Å²) in [4.78, 5) is 24.6. The van der Waals surface area contributed by atoms with E-state index in [0.717, 1.165) is 5.56 Å². The van der Waals surface area contributed by atoms with Gasteiger partial charge in [-0.25, -0.2) is 4.79 Å². The molecule has 2 rings (SSSR count). The van der Waals surface area contributed by atoms with Crippen molar-refractivity contribution >= 4 is 5.91 Å². The van der Waals surface area contributed by atoms with Crippen LogP contribution in [0.25, 0.3) is 11.3 Å². The van der Waals surface area contributed by atoms with Crippen LogP contribution in [0, 0.1) is 0 Å².